The number of piperidine rings is 1. The molecular formula is C41H47Cl2N3O8S. The topological polar surface area (TPSA) is 139 Å². The second-order valence-electron chi connectivity index (χ2n) is 14.2. The Balaban J connectivity index is 1.20. The van der Waals surface area contributed by atoms with Crippen LogP contribution in [0.3, 0.4) is 0 Å². The van der Waals surface area contributed by atoms with Crippen LogP contribution in [0.4, 0.5) is 0 Å². The highest BCUT2D eigenvalue weighted by Crippen LogP contribution is 2.39. The fraction of sp³-hybridized carbons (Fsp3) is 0.415. The molecule has 3 aromatic carbocycles. The maximum absolute atomic E-state index is 12.2. The van der Waals surface area contributed by atoms with Crippen LogP contribution in [0.1, 0.15) is 54.4 Å². The number of carboxylic acids is 1. The average molecular weight is 813 g/mol. The van der Waals surface area contributed by atoms with Crippen molar-refractivity contribution in [2.24, 2.45) is 0 Å². The molecule has 3 heterocycles. The summed E-state index contributed by atoms with van der Waals surface area (Å²) >= 11 is 13.8. The number of benzene rings is 3. The van der Waals surface area contributed by atoms with Gasteiger partial charge in [-0.05, 0) is 74.0 Å². The normalized spacial score (nSPS) is 18.0. The maximum Gasteiger partial charge on any atom is 0.320 e. The maximum atomic E-state index is 12.2. The summed E-state index contributed by atoms with van der Waals surface area (Å²) in [6.07, 6.45) is 7.62. The fourth-order valence-corrected chi connectivity index (χ4v) is 8.27. The summed E-state index contributed by atoms with van der Waals surface area (Å²) < 4.78 is 43.0. The monoisotopic (exact) mass is 811 g/mol. The lowest BCUT2D eigenvalue weighted by molar-refractivity contribution is -0.144. The number of carboxylic acid groups (broad SMARTS) is 1. The van der Waals surface area contributed by atoms with E-state index in [2.05, 4.69) is 9.88 Å². The van der Waals surface area contributed by atoms with Crippen molar-refractivity contribution in [2.45, 2.75) is 75.8 Å². The first-order chi connectivity index (χ1) is 26.4. The molecule has 294 valence electrons. The number of aliphatic carboxylic acids is 1. The first kappa shape index (κ1) is 40.7. The Labute approximate surface area is 332 Å². The van der Waals surface area contributed by atoms with Crippen molar-refractivity contribution in [2.75, 3.05) is 39.0 Å². The van der Waals surface area contributed by atoms with E-state index in [1.807, 2.05) is 48.2 Å². The van der Waals surface area contributed by atoms with E-state index in [0.29, 0.717) is 71.1 Å². The number of hydrogen-bond acceptors (Lipinski definition) is 10. The van der Waals surface area contributed by atoms with E-state index < -0.39 is 21.8 Å². The third-order valence-electron chi connectivity index (χ3n) is 10.2. The first-order valence-corrected chi connectivity index (χ1v) is 21.1. The van der Waals surface area contributed by atoms with Gasteiger partial charge in [0.2, 0.25) is 0 Å². The Morgan fingerprint density at radius 3 is 2.45 bits per heavy atom. The number of sulfone groups is 1. The van der Waals surface area contributed by atoms with Crippen LogP contribution < -0.4 is 14.2 Å². The number of halogens is 2. The van der Waals surface area contributed by atoms with E-state index in [1.54, 1.807) is 18.3 Å². The summed E-state index contributed by atoms with van der Waals surface area (Å²) in [6, 6.07) is 16.0. The zero-order valence-corrected chi connectivity index (χ0v) is 33.4. The summed E-state index contributed by atoms with van der Waals surface area (Å²) in [5, 5.41) is 20.6. The van der Waals surface area contributed by atoms with Gasteiger partial charge < -0.3 is 29.3 Å². The zero-order valence-electron chi connectivity index (χ0n) is 31.0. The largest absolute Gasteiger partial charge is 0.492 e. The number of ether oxygens (including phenoxy) is 3. The minimum absolute atomic E-state index is 0.0139. The molecule has 55 heavy (non-hydrogen) atoms. The molecule has 0 unspecified atom stereocenters. The van der Waals surface area contributed by atoms with Gasteiger partial charge in [0.25, 0.3) is 0 Å². The average Bonchev–Trinajstić information content (AvgIpc) is 3.58. The molecule has 2 N–H and O–H groups in total. The van der Waals surface area contributed by atoms with Crippen LogP contribution in [0.15, 0.2) is 71.9 Å². The molecule has 2 aliphatic rings. The number of aliphatic hydroxyl groups excluding tert-OH is 1. The summed E-state index contributed by atoms with van der Waals surface area (Å²) in [6.45, 7) is 6.10. The Hall–Kier alpha value is -3.91. The smallest absolute Gasteiger partial charge is 0.320 e. The summed E-state index contributed by atoms with van der Waals surface area (Å²) in [5.41, 5.74) is 4.90. The van der Waals surface area contributed by atoms with Crippen LogP contribution in [-0.4, -0.2) is 90.6 Å². The highest BCUT2D eigenvalue weighted by Gasteiger charge is 2.29. The van der Waals surface area contributed by atoms with Crippen molar-refractivity contribution in [1.82, 2.24) is 14.8 Å². The van der Waals surface area contributed by atoms with Crippen LogP contribution in [-0.2, 0) is 34.4 Å². The predicted octanol–water partition coefficient (Wildman–Crippen LogP) is 7.20. The van der Waals surface area contributed by atoms with Gasteiger partial charge in [0.15, 0.2) is 9.84 Å². The number of β-amino-alcohol motifs (C(OH)–C–C–N with tert-alkyl or cyclic N) is 1. The molecular weight excluding hydrogens is 765 g/mol. The van der Waals surface area contributed by atoms with Crippen LogP contribution in [0, 0.1) is 6.92 Å². The Kier molecular flexibility index (Phi) is 13.6. The molecule has 2 aliphatic heterocycles. The number of carbonyl (C=O) groups is 1. The number of hydrogen-bond donors (Lipinski definition) is 2. The molecule has 2 fully saturated rings. The lowest BCUT2D eigenvalue weighted by atomic mass is 9.96. The molecule has 4 aromatic rings. The van der Waals surface area contributed by atoms with E-state index in [-0.39, 0.29) is 24.2 Å². The molecule has 11 nitrogen and oxygen atoms in total. The Bertz CT molecular complexity index is 2100. The summed E-state index contributed by atoms with van der Waals surface area (Å²) in [4.78, 5) is 20.4. The SMILES string of the molecule is Cc1c(COc2cc(OCc3cncc(S(C)(=O)=O)c3)c(CN3CCCC[C@H]3C(=O)O)cc2Cl)cccc1-c1cccc(OCCCN2CC[C@@H](O)C2)c1Cl. The van der Waals surface area contributed by atoms with Crippen molar-refractivity contribution < 1.29 is 37.6 Å². The van der Waals surface area contributed by atoms with E-state index in [9.17, 15) is 23.4 Å². The van der Waals surface area contributed by atoms with Gasteiger partial charge >= 0.3 is 5.97 Å². The van der Waals surface area contributed by atoms with Gasteiger partial charge in [0.1, 0.15) is 36.5 Å². The summed E-state index contributed by atoms with van der Waals surface area (Å²) in [5.74, 6) is 0.550. The summed E-state index contributed by atoms with van der Waals surface area (Å²) in [7, 11) is -3.47. The number of rotatable bonds is 16. The van der Waals surface area contributed by atoms with E-state index >= 15 is 0 Å². The van der Waals surface area contributed by atoms with Gasteiger partial charge in [-0.25, -0.2) is 8.42 Å². The number of aromatic nitrogens is 1. The standard InChI is InChI=1S/C41H47Cl2N3O8S/c1-27-29(8-5-9-33(27)34-10-6-12-37(40(34)43)52-17-7-14-45-16-13-31(47)24-45)26-54-39-20-38(53-25-28-18-32(22-44-21-28)55(2,50)51)30(19-35(39)42)23-46-15-4-3-11-36(46)41(48)49/h5-6,8-10,12,18-22,31,36,47H,3-4,7,11,13-17,23-26H2,1-2H3,(H,48,49)/t31-,36+/m1/s1. The van der Waals surface area contributed by atoms with Gasteiger partial charge in [0, 0.05) is 67.6 Å². The van der Waals surface area contributed by atoms with E-state index in [0.717, 1.165) is 67.3 Å². The van der Waals surface area contributed by atoms with Crippen molar-refractivity contribution >= 4 is 39.0 Å². The van der Waals surface area contributed by atoms with Crippen LogP contribution in [0.5, 0.6) is 17.2 Å². The van der Waals surface area contributed by atoms with Gasteiger partial charge in [-0.2, -0.15) is 0 Å². The third kappa shape index (κ3) is 10.5. The number of pyridine rings is 1. The van der Waals surface area contributed by atoms with Crippen molar-refractivity contribution in [3.05, 3.63) is 99.3 Å². The molecule has 2 atom stereocenters. The van der Waals surface area contributed by atoms with Crippen molar-refractivity contribution in [3.63, 3.8) is 0 Å². The zero-order chi connectivity index (χ0) is 39.1. The number of nitrogens with zero attached hydrogens (tertiary/aromatic N) is 3. The van der Waals surface area contributed by atoms with Gasteiger partial charge in [-0.15, -0.1) is 0 Å². The molecule has 0 amide bonds. The Morgan fingerprint density at radius 1 is 0.909 bits per heavy atom. The molecule has 0 bridgehead atoms. The lowest BCUT2D eigenvalue weighted by Crippen LogP contribution is -2.44. The quantitative estimate of drug-likeness (QED) is 0.111. The molecule has 0 aliphatic carbocycles. The highest BCUT2D eigenvalue weighted by atomic mass is 35.5. The van der Waals surface area contributed by atoms with Crippen LogP contribution in [0.25, 0.3) is 11.1 Å². The number of likely N-dealkylation sites (tertiary alicyclic amines) is 2. The van der Waals surface area contributed by atoms with Crippen LogP contribution >= 0.6 is 23.2 Å². The lowest BCUT2D eigenvalue weighted by Gasteiger charge is -2.33. The molecule has 1 aromatic heterocycles. The highest BCUT2D eigenvalue weighted by molar-refractivity contribution is 7.90. The second-order valence-corrected chi connectivity index (χ2v) is 17.0. The van der Waals surface area contributed by atoms with E-state index in [4.69, 9.17) is 37.4 Å². The molecule has 2 saturated heterocycles. The minimum Gasteiger partial charge on any atom is -0.492 e. The molecule has 0 saturated carbocycles. The van der Waals surface area contributed by atoms with Gasteiger partial charge in [-0.3, -0.25) is 14.7 Å². The Morgan fingerprint density at radius 2 is 1.69 bits per heavy atom. The number of aliphatic hydroxyl groups is 1. The molecule has 0 radical (unpaired) electrons. The van der Waals surface area contributed by atoms with Crippen molar-refractivity contribution in [1.29, 1.82) is 0 Å². The van der Waals surface area contributed by atoms with Gasteiger partial charge in [0.05, 0.1) is 27.7 Å². The fourth-order valence-electron chi connectivity index (χ4n) is 7.13. The molecule has 14 heteroatoms. The molecule has 0 spiro atoms. The van der Waals surface area contributed by atoms with Crippen molar-refractivity contribution in [3.8, 4) is 28.4 Å². The van der Waals surface area contributed by atoms with E-state index in [1.165, 1.54) is 12.3 Å². The first-order valence-electron chi connectivity index (χ1n) is 18.5. The second kappa shape index (κ2) is 18.4. The van der Waals surface area contributed by atoms with Gasteiger partial charge in [-0.1, -0.05) is 60.0 Å². The third-order valence-corrected chi connectivity index (χ3v) is 12.0. The predicted molar refractivity (Wildman–Crippen MR) is 212 cm³/mol. The van der Waals surface area contributed by atoms with Crippen LogP contribution in [0.2, 0.25) is 10.0 Å². The minimum atomic E-state index is -3.47. The molecule has 6 rings (SSSR count).